The van der Waals surface area contributed by atoms with Gasteiger partial charge in [-0.25, -0.2) is 4.79 Å². The molecule has 1 aromatic carbocycles. The Morgan fingerprint density at radius 3 is 2.36 bits per heavy atom. The lowest BCUT2D eigenvalue weighted by atomic mass is 10.0. The molecule has 0 spiro atoms. The van der Waals surface area contributed by atoms with Crippen molar-refractivity contribution in [3.05, 3.63) is 46.2 Å². The first-order valence-electron chi connectivity index (χ1n) is 5.72. The van der Waals surface area contributed by atoms with Gasteiger partial charge >= 0.3 is 12.1 Å². The van der Waals surface area contributed by atoms with Crippen molar-refractivity contribution < 1.29 is 23.1 Å². The Labute approximate surface area is 137 Å². The summed E-state index contributed by atoms with van der Waals surface area (Å²) in [4.78, 5) is 11.9. The van der Waals surface area contributed by atoms with E-state index in [1.54, 1.807) is 0 Å². The number of hydrogen-bond acceptors (Lipinski definition) is 1. The molecular formula is C13H7Cl3F3NO2. The van der Waals surface area contributed by atoms with Gasteiger partial charge in [0.15, 0.2) is 0 Å². The fourth-order valence-electron chi connectivity index (χ4n) is 1.89. The van der Waals surface area contributed by atoms with Gasteiger partial charge in [0, 0.05) is 5.56 Å². The summed E-state index contributed by atoms with van der Waals surface area (Å²) in [5.74, 6) is -1.30. The van der Waals surface area contributed by atoms with Gasteiger partial charge in [-0.3, -0.25) is 0 Å². The summed E-state index contributed by atoms with van der Waals surface area (Å²) >= 11 is 17.1. The zero-order chi connectivity index (χ0) is 16.7. The Morgan fingerprint density at radius 1 is 1.23 bits per heavy atom. The smallest absolute Gasteiger partial charge is 0.431 e. The van der Waals surface area contributed by atoms with E-state index in [4.69, 9.17) is 39.9 Å². The van der Waals surface area contributed by atoms with Crippen LogP contribution in [0.3, 0.4) is 0 Å². The monoisotopic (exact) mass is 371 g/mol. The van der Waals surface area contributed by atoms with Crippen LogP contribution in [0.2, 0.25) is 5.02 Å². The van der Waals surface area contributed by atoms with Gasteiger partial charge in [0.05, 0.1) is 16.3 Å². The second-order valence-corrected chi connectivity index (χ2v) is 5.81. The Bertz CT molecular complexity index is 726. The van der Waals surface area contributed by atoms with E-state index >= 15 is 0 Å². The lowest BCUT2D eigenvalue weighted by Crippen LogP contribution is -2.05. The van der Waals surface area contributed by atoms with Crippen molar-refractivity contribution in [2.24, 2.45) is 0 Å². The quantitative estimate of drug-likeness (QED) is 0.696. The van der Waals surface area contributed by atoms with Crippen LogP contribution in [0.25, 0.3) is 11.1 Å². The Balaban J connectivity index is 2.64. The highest BCUT2D eigenvalue weighted by Gasteiger charge is 2.34. The van der Waals surface area contributed by atoms with E-state index in [1.165, 1.54) is 12.1 Å². The molecule has 0 amide bonds. The van der Waals surface area contributed by atoms with E-state index in [-0.39, 0.29) is 27.4 Å². The second-order valence-electron chi connectivity index (χ2n) is 4.31. The molecule has 2 N–H and O–H groups in total. The number of H-pyrrole nitrogens is 1. The average Bonchev–Trinajstić information content (AvgIpc) is 2.84. The van der Waals surface area contributed by atoms with Crippen LogP contribution in [0.4, 0.5) is 13.2 Å². The SMILES string of the molecule is O=C(O)c1cc(-c2cc(C(F)(F)F)[nH]c2C(Cl)Cl)ccc1Cl. The van der Waals surface area contributed by atoms with Crippen LogP contribution in [0, 0.1) is 0 Å². The zero-order valence-electron chi connectivity index (χ0n) is 10.5. The molecule has 0 aliphatic carbocycles. The lowest BCUT2D eigenvalue weighted by Gasteiger charge is -2.07. The molecule has 9 heteroatoms. The number of aromatic nitrogens is 1. The molecule has 1 heterocycles. The number of hydrogen-bond donors (Lipinski definition) is 2. The highest BCUT2D eigenvalue weighted by molar-refractivity contribution is 6.44. The molecule has 0 radical (unpaired) electrons. The molecule has 0 aliphatic heterocycles. The van der Waals surface area contributed by atoms with Gasteiger partial charge < -0.3 is 10.1 Å². The predicted octanol–water partition coefficient (Wildman–Crippen LogP) is 5.53. The molecule has 2 aromatic rings. The summed E-state index contributed by atoms with van der Waals surface area (Å²) in [5, 5.41) is 9.00. The number of aromatic carboxylic acids is 1. The van der Waals surface area contributed by atoms with Crippen molar-refractivity contribution in [2.75, 3.05) is 0 Å². The number of aromatic amines is 1. The van der Waals surface area contributed by atoms with Crippen molar-refractivity contribution in [2.45, 2.75) is 11.0 Å². The molecular weight excluding hydrogens is 366 g/mol. The topological polar surface area (TPSA) is 53.1 Å². The number of rotatable bonds is 3. The van der Waals surface area contributed by atoms with Crippen LogP contribution in [-0.2, 0) is 6.18 Å². The van der Waals surface area contributed by atoms with Crippen LogP contribution in [0.15, 0.2) is 24.3 Å². The highest BCUT2D eigenvalue weighted by atomic mass is 35.5. The van der Waals surface area contributed by atoms with Crippen LogP contribution < -0.4 is 0 Å². The van der Waals surface area contributed by atoms with Crippen molar-refractivity contribution in [3.8, 4) is 11.1 Å². The van der Waals surface area contributed by atoms with E-state index < -0.39 is 22.7 Å². The minimum Gasteiger partial charge on any atom is -0.478 e. The number of carboxylic acids is 1. The summed E-state index contributed by atoms with van der Waals surface area (Å²) < 4.78 is 38.4. The van der Waals surface area contributed by atoms with Gasteiger partial charge in [-0.2, -0.15) is 13.2 Å². The van der Waals surface area contributed by atoms with Crippen molar-refractivity contribution in [1.29, 1.82) is 0 Å². The first-order chi connectivity index (χ1) is 10.1. The Kier molecular flexibility index (Phi) is 4.65. The van der Waals surface area contributed by atoms with E-state index in [2.05, 4.69) is 4.98 Å². The Morgan fingerprint density at radius 2 is 1.86 bits per heavy atom. The molecule has 0 saturated carbocycles. The molecule has 118 valence electrons. The molecule has 22 heavy (non-hydrogen) atoms. The molecule has 0 saturated heterocycles. The zero-order valence-corrected chi connectivity index (χ0v) is 12.8. The molecule has 0 atom stereocenters. The summed E-state index contributed by atoms with van der Waals surface area (Å²) in [6.45, 7) is 0. The summed E-state index contributed by atoms with van der Waals surface area (Å²) in [7, 11) is 0. The first kappa shape index (κ1) is 17.0. The maximum atomic E-state index is 12.8. The molecule has 2 rings (SSSR count). The minimum absolute atomic E-state index is 0.0299. The van der Waals surface area contributed by atoms with E-state index in [0.29, 0.717) is 0 Å². The fraction of sp³-hybridized carbons (Fsp3) is 0.154. The second kappa shape index (κ2) is 6.02. The van der Waals surface area contributed by atoms with Crippen LogP contribution >= 0.6 is 34.8 Å². The van der Waals surface area contributed by atoms with Crippen LogP contribution in [-0.4, -0.2) is 16.1 Å². The highest BCUT2D eigenvalue weighted by Crippen LogP contribution is 2.39. The number of carbonyl (C=O) groups is 1. The van der Waals surface area contributed by atoms with Crippen molar-refractivity contribution in [3.63, 3.8) is 0 Å². The van der Waals surface area contributed by atoms with E-state index in [9.17, 15) is 18.0 Å². The number of benzene rings is 1. The summed E-state index contributed by atoms with van der Waals surface area (Å²) in [6, 6.07) is 4.65. The van der Waals surface area contributed by atoms with Crippen molar-refractivity contribution >= 4 is 40.8 Å². The van der Waals surface area contributed by atoms with Crippen LogP contribution in [0.1, 0.15) is 26.6 Å². The van der Waals surface area contributed by atoms with Gasteiger partial charge in [0.1, 0.15) is 10.5 Å². The van der Waals surface area contributed by atoms with Gasteiger partial charge in [0.25, 0.3) is 0 Å². The lowest BCUT2D eigenvalue weighted by molar-refractivity contribution is -0.140. The third-order valence-electron chi connectivity index (χ3n) is 2.88. The summed E-state index contributed by atoms with van der Waals surface area (Å²) in [5.41, 5.74) is -1.08. The Hall–Kier alpha value is -1.37. The van der Waals surface area contributed by atoms with Gasteiger partial charge in [-0.1, -0.05) is 40.9 Å². The number of halogens is 6. The third kappa shape index (κ3) is 3.34. The maximum Gasteiger partial charge on any atom is 0.431 e. The van der Waals surface area contributed by atoms with Gasteiger partial charge in [-0.05, 0) is 23.8 Å². The molecule has 0 fully saturated rings. The third-order valence-corrected chi connectivity index (χ3v) is 3.65. The standard InChI is InChI=1S/C13H7Cl3F3NO2/c14-8-2-1-5(3-7(8)12(21)22)6-4-9(13(17,18)19)20-10(6)11(15)16/h1-4,11,20H,(H,21,22). The first-order valence-corrected chi connectivity index (χ1v) is 6.97. The minimum atomic E-state index is -4.61. The van der Waals surface area contributed by atoms with Crippen LogP contribution in [0.5, 0.6) is 0 Å². The molecule has 0 unspecified atom stereocenters. The van der Waals surface area contributed by atoms with E-state index in [0.717, 1.165) is 12.1 Å². The van der Waals surface area contributed by atoms with Gasteiger partial charge in [0.2, 0.25) is 0 Å². The fourth-order valence-corrected chi connectivity index (χ4v) is 2.43. The molecule has 3 nitrogen and oxygen atoms in total. The molecule has 0 bridgehead atoms. The maximum absolute atomic E-state index is 12.8. The molecule has 0 aliphatic rings. The largest absolute Gasteiger partial charge is 0.478 e. The normalized spacial score (nSPS) is 12.0. The molecule has 1 aromatic heterocycles. The van der Waals surface area contributed by atoms with E-state index in [1.807, 2.05) is 0 Å². The van der Waals surface area contributed by atoms with Gasteiger partial charge in [-0.15, -0.1) is 0 Å². The predicted molar refractivity (Wildman–Crippen MR) is 77.6 cm³/mol. The average molecular weight is 373 g/mol. The number of alkyl halides is 5. The number of nitrogens with one attached hydrogen (secondary N) is 1. The van der Waals surface area contributed by atoms with Crippen molar-refractivity contribution in [1.82, 2.24) is 4.98 Å². The summed E-state index contributed by atoms with van der Waals surface area (Å²) in [6.07, 6.45) is -4.61. The number of carboxylic acid groups (broad SMARTS) is 1.